The number of unbranched alkanes of at least 4 members (excludes halogenated alkanes) is 1. The molecule has 2 N–H and O–H groups in total. The largest absolute Gasteiger partial charge is 0.396 e. The molecule has 6 rings (SSSR count). The number of aliphatic hydroxyl groups is 1. The van der Waals surface area contributed by atoms with E-state index in [2.05, 4.69) is 66.2 Å². The molecule has 1 aliphatic carbocycles. The molecule has 1 atom stereocenters. The number of hydrogen-bond donors (Lipinski definition) is 2. The SMILES string of the molecule is CCCCOC(C)c1ccc2c(c1)c1c3c(c4c(c1n2CCCO)Cc1ccccc1-4)C(=O)NC3. The molecule has 1 aromatic heterocycles. The molecule has 1 amide bonds. The van der Waals surface area contributed by atoms with Gasteiger partial charge in [-0.3, -0.25) is 4.79 Å². The molecule has 3 aromatic carbocycles. The van der Waals surface area contributed by atoms with Gasteiger partial charge in [0.05, 0.1) is 17.2 Å². The van der Waals surface area contributed by atoms with E-state index in [1.165, 1.54) is 33.0 Å². The second kappa shape index (κ2) is 8.81. The van der Waals surface area contributed by atoms with Gasteiger partial charge in [0.2, 0.25) is 0 Å². The van der Waals surface area contributed by atoms with Crippen LogP contribution >= 0.6 is 0 Å². The topological polar surface area (TPSA) is 63.5 Å². The maximum Gasteiger partial charge on any atom is 0.252 e. The molecule has 2 heterocycles. The normalized spacial score (nSPS) is 14.9. The van der Waals surface area contributed by atoms with E-state index in [1.54, 1.807) is 0 Å². The van der Waals surface area contributed by atoms with Crippen molar-refractivity contribution in [1.29, 1.82) is 0 Å². The van der Waals surface area contributed by atoms with Gasteiger partial charge in [-0.25, -0.2) is 0 Å². The second-order valence-electron chi connectivity index (χ2n) is 9.82. The predicted octanol–water partition coefficient (Wildman–Crippen LogP) is 5.87. The van der Waals surface area contributed by atoms with Gasteiger partial charge in [0.1, 0.15) is 0 Å². The lowest BCUT2D eigenvalue weighted by Crippen LogP contribution is -2.13. The van der Waals surface area contributed by atoms with Crippen molar-refractivity contribution in [3.8, 4) is 11.1 Å². The van der Waals surface area contributed by atoms with Crippen LogP contribution in [0.1, 0.15) is 71.8 Å². The molecular formula is C30H32N2O3. The molecular weight excluding hydrogens is 436 g/mol. The quantitative estimate of drug-likeness (QED) is 0.280. The fraction of sp³-hybridized carbons (Fsp3) is 0.367. The smallest absolute Gasteiger partial charge is 0.252 e. The number of aliphatic hydroxyl groups excluding tert-OH is 1. The summed E-state index contributed by atoms with van der Waals surface area (Å²) in [5, 5.41) is 15.1. The molecule has 35 heavy (non-hydrogen) atoms. The number of carbonyl (C=O) groups is 1. The number of carbonyl (C=O) groups excluding carboxylic acids is 1. The zero-order valence-electron chi connectivity index (χ0n) is 20.5. The van der Waals surface area contributed by atoms with Crippen LogP contribution in [0.15, 0.2) is 42.5 Å². The Kier molecular flexibility index (Phi) is 5.62. The van der Waals surface area contributed by atoms with E-state index in [0.717, 1.165) is 60.2 Å². The van der Waals surface area contributed by atoms with Gasteiger partial charge in [-0.15, -0.1) is 0 Å². The Morgan fingerprint density at radius 2 is 1.97 bits per heavy atom. The summed E-state index contributed by atoms with van der Waals surface area (Å²) in [7, 11) is 0. The first-order valence-corrected chi connectivity index (χ1v) is 12.9. The minimum Gasteiger partial charge on any atom is -0.396 e. The molecule has 0 saturated heterocycles. The minimum atomic E-state index is 0.00767. The van der Waals surface area contributed by atoms with E-state index in [0.29, 0.717) is 13.0 Å². The number of nitrogens with zero attached hydrogens (tertiary/aromatic N) is 1. The Balaban J connectivity index is 1.64. The lowest BCUT2D eigenvalue weighted by atomic mass is 9.91. The van der Waals surface area contributed by atoms with Crippen molar-refractivity contribution in [2.45, 2.75) is 58.7 Å². The highest BCUT2D eigenvalue weighted by atomic mass is 16.5. The molecule has 1 unspecified atom stereocenters. The first kappa shape index (κ1) is 22.3. The van der Waals surface area contributed by atoms with Crippen molar-refractivity contribution in [1.82, 2.24) is 9.88 Å². The van der Waals surface area contributed by atoms with Crippen molar-refractivity contribution in [3.05, 3.63) is 70.3 Å². The van der Waals surface area contributed by atoms with Crippen LogP contribution in [0.3, 0.4) is 0 Å². The van der Waals surface area contributed by atoms with E-state index in [4.69, 9.17) is 4.74 Å². The van der Waals surface area contributed by atoms with Crippen LogP contribution in [0.4, 0.5) is 0 Å². The number of aryl methyl sites for hydroxylation is 1. The Morgan fingerprint density at radius 1 is 1.11 bits per heavy atom. The fourth-order valence-electron chi connectivity index (χ4n) is 6.01. The van der Waals surface area contributed by atoms with E-state index in [-0.39, 0.29) is 18.6 Å². The van der Waals surface area contributed by atoms with Crippen LogP contribution in [-0.4, -0.2) is 28.8 Å². The summed E-state index contributed by atoms with van der Waals surface area (Å²) in [6, 6.07) is 15.1. The van der Waals surface area contributed by atoms with Gasteiger partial charge in [-0.2, -0.15) is 0 Å². The molecule has 0 bridgehead atoms. The monoisotopic (exact) mass is 468 g/mol. The van der Waals surface area contributed by atoms with E-state index in [1.807, 2.05) is 0 Å². The molecule has 0 radical (unpaired) electrons. The summed E-state index contributed by atoms with van der Waals surface area (Å²) in [6.07, 6.45) is 3.69. The zero-order valence-corrected chi connectivity index (χ0v) is 20.5. The Morgan fingerprint density at radius 3 is 2.80 bits per heavy atom. The van der Waals surface area contributed by atoms with Crippen LogP contribution < -0.4 is 5.32 Å². The number of nitrogens with one attached hydrogen (secondary N) is 1. The molecule has 180 valence electrons. The molecule has 0 spiro atoms. The van der Waals surface area contributed by atoms with Gasteiger partial charge in [-0.05, 0) is 59.7 Å². The molecule has 5 heteroatoms. The van der Waals surface area contributed by atoms with E-state index in [9.17, 15) is 9.90 Å². The Labute approximate surface area is 205 Å². The molecule has 2 aliphatic rings. The second-order valence-corrected chi connectivity index (χ2v) is 9.82. The van der Waals surface area contributed by atoms with Crippen LogP contribution in [0.2, 0.25) is 0 Å². The Hall–Kier alpha value is -3.15. The van der Waals surface area contributed by atoms with Crippen LogP contribution in [0.5, 0.6) is 0 Å². The third kappa shape index (κ3) is 3.40. The predicted molar refractivity (Wildman–Crippen MR) is 140 cm³/mol. The molecule has 4 aromatic rings. The van der Waals surface area contributed by atoms with Crippen LogP contribution in [0.25, 0.3) is 32.9 Å². The van der Waals surface area contributed by atoms with Crippen LogP contribution in [0, 0.1) is 0 Å². The van der Waals surface area contributed by atoms with Crippen molar-refractivity contribution < 1.29 is 14.6 Å². The minimum absolute atomic E-state index is 0.00767. The number of aromatic nitrogens is 1. The average Bonchev–Trinajstić information content (AvgIpc) is 3.53. The summed E-state index contributed by atoms with van der Waals surface area (Å²) in [6.45, 7) is 6.48. The lowest BCUT2D eigenvalue weighted by molar-refractivity contribution is 0.0638. The maximum atomic E-state index is 13.1. The van der Waals surface area contributed by atoms with Crippen molar-refractivity contribution in [2.75, 3.05) is 13.2 Å². The molecule has 0 fully saturated rings. The summed E-state index contributed by atoms with van der Waals surface area (Å²) in [4.78, 5) is 13.1. The van der Waals surface area contributed by atoms with Crippen molar-refractivity contribution in [3.63, 3.8) is 0 Å². The van der Waals surface area contributed by atoms with Gasteiger partial charge in [-0.1, -0.05) is 43.7 Å². The van der Waals surface area contributed by atoms with Gasteiger partial charge >= 0.3 is 0 Å². The summed E-state index contributed by atoms with van der Waals surface area (Å²) in [5.41, 5.74) is 10.3. The molecule has 1 aliphatic heterocycles. The van der Waals surface area contributed by atoms with Gasteiger partial charge in [0.15, 0.2) is 0 Å². The third-order valence-electron chi connectivity index (χ3n) is 7.71. The molecule has 5 nitrogen and oxygen atoms in total. The van der Waals surface area contributed by atoms with Crippen molar-refractivity contribution in [2.24, 2.45) is 0 Å². The fourth-order valence-corrected chi connectivity index (χ4v) is 6.01. The summed E-state index contributed by atoms with van der Waals surface area (Å²) >= 11 is 0. The number of amides is 1. The number of rotatable bonds is 8. The van der Waals surface area contributed by atoms with Gasteiger partial charge < -0.3 is 19.7 Å². The maximum absolute atomic E-state index is 13.1. The highest BCUT2D eigenvalue weighted by Gasteiger charge is 2.35. The first-order valence-electron chi connectivity index (χ1n) is 12.9. The van der Waals surface area contributed by atoms with Crippen molar-refractivity contribution >= 4 is 27.7 Å². The van der Waals surface area contributed by atoms with Gasteiger partial charge in [0.25, 0.3) is 5.91 Å². The third-order valence-corrected chi connectivity index (χ3v) is 7.71. The average molecular weight is 469 g/mol. The first-order chi connectivity index (χ1) is 17.1. The van der Waals surface area contributed by atoms with Crippen LogP contribution in [-0.2, 0) is 24.2 Å². The number of hydrogen-bond acceptors (Lipinski definition) is 3. The lowest BCUT2D eigenvalue weighted by Gasteiger charge is -2.14. The Bertz CT molecular complexity index is 1470. The summed E-state index contributed by atoms with van der Waals surface area (Å²) in [5.74, 6) is 0.0264. The number of benzene rings is 3. The number of ether oxygens (including phenoxy) is 1. The summed E-state index contributed by atoms with van der Waals surface area (Å²) < 4.78 is 8.50. The zero-order chi connectivity index (χ0) is 24.1. The van der Waals surface area contributed by atoms with Gasteiger partial charge in [0, 0.05) is 54.6 Å². The number of fused-ring (bicyclic) bond motifs is 10. The van der Waals surface area contributed by atoms with E-state index >= 15 is 0 Å². The van der Waals surface area contributed by atoms with E-state index < -0.39 is 0 Å². The highest BCUT2D eigenvalue weighted by Crippen LogP contribution is 2.49. The highest BCUT2D eigenvalue weighted by molar-refractivity contribution is 6.20. The molecule has 0 saturated carbocycles. The standard InChI is InChI=1S/C30H32N2O3/c1-3-4-14-35-18(2)19-10-11-25-22(15-19)27-24-17-31-30(34)28(24)26-21-9-6-5-8-20(21)16-23(26)29(27)32(25)12-7-13-33/h5-6,8-11,15,18,33H,3-4,7,12-14,16-17H2,1-2H3,(H,31,34).